The fraction of sp³-hybridized carbons (Fsp3) is 0.294. The monoisotopic (exact) mass is 311 g/mol. The Morgan fingerprint density at radius 3 is 2.27 bits per heavy atom. The second-order valence-electron chi connectivity index (χ2n) is 5.09. The van der Waals surface area contributed by atoms with Gasteiger partial charge in [0, 0.05) is 5.70 Å². The Bertz CT molecular complexity index is 629. The molecule has 1 aromatic carbocycles. The van der Waals surface area contributed by atoms with Crippen LogP contribution in [0.15, 0.2) is 59.8 Å². The first-order valence-corrected chi connectivity index (χ1v) is 6.93. The average molecular weight is 311 g/mol. The van der Waals surface area contributed by atoms with Crippen molar-refractivity contribution in [2.45, 2.75) is 32.7 Å². The number of rotatable bonds is 4. The maximum Gasteiger partial charge on any atom is 0.389 e. The summed E-state index contributed by atoms with van der Waals surface area (Å²) in [4.78, 5) is 0.376. The topological polar surface area (TPSA) is 3.24 Å². The number of hydrogen-bond donors (Lipinski definition) is 0. The molecule has 2 rings (SSSR count). The highest BCUT2D eigenvalue weighted by Gasteiger charge is 2.50. The van der Waals surface area contributed by atoms with E-state index in [0.29, 0.717) is 28.0 Å². The first kappa shape index (κ1) is 16.3. The molecule has 1 aromatic rings. The highest BCUT2D eigenvalue weighted by molar-refractivity contribution is 5.74. The van der Waals surface area contributed by atoms with Gasteiger partial charge in [0.1, 0.15) is 0 Å². The molecule has 0 unspecified atom stereocenters. The van der Waals surface area contributed by atoms with Gasteiger partial charge < -0.3 is 0 Å². The quantitative estimate of drug-likeness (QED) is 0.528. The van der Waals surface area contributed by atoms with Crippen molar-refractivity contribution in [3.05, 3.63) is 65.4 Å². The minimum Gasteiger partial charge on any atom is -0.277 e. The molecular formula is C17H17F4N. The summed E-state index contributed by atoms with van der Waals surface area (Å²) in [5.41, 5.74) is 1.46. The van der Waals surface area contributed by atoms with Crippen LogP contribution in [0.2, 0.25) is 0 Å². The molecule has 1 heterocycles. The zero-order chi connectivity index (χ0) is 16.5. The number of halogens is 4. The fourth-order valence-corrected chi connectivity index (χ4v) is 2.55. The van der Waals surface area contributed by atoms with E-state index >= 15 is 0 Å². The van der Waals surface area contributed by atoms with Crippen LogP contribution >= 0.6 is 0 Å². The molecule has 0 saturated carbocycles. The van der Waals surface area contributed by atoms with Gasteiger partial charge in [0.25, 0.3) is 0 Å². The van der Waals surface area contributed by atoms with E-state index < -0.39 is 12.5 Å². The zero-order valence-electron chi connectivity index (χ0n) is 12.4. The second-order valence-corrected chi connectivity index (χ2v) is 5.09. The maximum atomic E-state index is 14.2. The Hall–Kier alpha value is -2.04. The summed E-state index contributed by atoms with van der Waals surface area (Å²) < 4.78 is 54.2. The summed E-state index contributed by atoms with van der Waals surface area (Å²) in [6.07, 6.45) is -1.65. The maximum absolute atomic E-state index is 14.2. The Labute approximate surface area is 127 Å². The zero-order valence-corrected chi connectivity index (χ0v) is 12.4. The van der Waals surface area contributed by atoms with Gasteiger partial charge in [0.15, 0.2) is 0 Å². The van der Waals surface area contributed by atoms with Crippen molar-refractivity contribution in [2.24, 2.45) is 0 Å². The van der Waals surface area contributed by atoms with E-state index in [9.17, 15) is 17.6 Å². The molecule has 1 aliphatic heterocycles. The number of benzene rings is 1. The molecule has 0 bridgehead atoms. The summed E-state index contributed by atoms with van der Waals surface area (Å²) >= 11 is 0. The summed E-state index contributed by atoms with van der Waals surface area (Å²) in [6.45, 7) is 7.03. The lowest BCUT2D eigenvalue weighted by atomic mass is 9.95. The Morgan fingerprint density at radius 2 is 1.77 bits per heavy atom. The van der Waals surface area contributed by atoms with Crippen LogP contribution in [0.3, 0.4) is 0 Å². The van der Waals surface area contributed by atoms with Crippen LogP contribution in [-0.4, -0.2) is 17.4 Å². The third-order valence-corrected chi connectivity index (χ3v) is 3.62. The molecule has 0 fully saturated rings. The van der Waals surface area contributed by atoms with Gasteiger partial charge in [-0.3, -0.25) is 4.90 Å². The van der Waals surface area contributed by atoms with Gasteiger partial charge in [0.05, 0.1) is 5.70 Å². The van der Waals surface area contributed by atoms with Crippen molar-refractivity contribution in [1.29, 1.82) is 0 Å². The normalized spacial score (nSPS) is 16.4. The van der Waals surface area contributed by atoms with Gasteiger partial charge in [-0.1, -0.05) is 49.9 Å². The van der Waals surface area contributed by atoms with Crippen molar-refractivity contribution in [3.8, 4) is 0 Å². The minimum absolute atomic E-state index is 0.0631. The third kappa shape index (κ3) is 2.67. The molecule has 118 valence electrons. The molecule has 0 atom stereocenters. The predicted octanol–water partition coefficient (Wildman–Crippen LogP) is 5.44. The summed E-state index contributed by atoms with van der Waals surface area (Å²) in [7, 11) is 0. The van der Waals surface area contributed by atoms with Crippen molar-refractivity contribution < 1.29 is 17.6 Å². The Kier molecular flexibility index (Phi) is 4.44. The van der Waals surface area contributed by atoms with Crippen LogP contribution in [0.1, 0.15) is 25.8 Å². The SMILES string of the molecule is C=C1C(CC)=CC(C)=C(c2ccccc2)N1C(F)(F)C(F)F. The van der Waals surface area contributed by atoms with Gasteiger partial charge in [-0.2, -0.15) is 8.78 Å². The van der Waals surface area contributed by atoms with E-state index in [2.05, 4.69) is 6.58 Å². The minimum atomic E-state index is -4.32. The van der Waals surface area contributed by atoms with E-state index in [1.165, 1.54) is 0 Å². The molecule has 0 spiro atoms. The molecule has 0 radical (unpaired) electrons. The van der Waals surface area contributed by atoms with Crippen molar-refractivity contribution in [2.75, 3.05) is 0 Å². The molecular weight excluding hydrogens is 294 g/mol. The molecule has 1 nitrogen and oxygen atoms in total. The summed E-state index contributed by atoms with van der Waals surface area (Å²) in [5.74, 6) is 0. The molecule has 5 heteroatoms. The highest BCUT2D eigenvalue weighted by Crippen LogP contribution is 2.44. The van der Waals surface area contributed by atoms with E-state index in [-0.39, 0.29) is 11.4 Å². The van der Waals surface area contributed by atoms with Crippen LogP contribution in [0, 0.1) is 0 Å². The van der Waals surface area contributed by atoms with Gasteiger partial charge in [0.2, 0.25) is 0 Å². The first-order valence-electron chi connectivity index (χ1n) is 6.93. The second kappa shape index (κ2) is 5.99. The largest absolute Gasteiger partial charge is 0.389 e. The van der Waals surface area contributed by atoms with E-state index in [0.717, 1.165) is 0 Å². The van der Waals surface area contributed by atoms with Gasteiger partial charge >= 0.3 is 12.5 Å². The van der Waals surface area contributed by atoms with Gasteiger partial charge in [-0.15, -0.1) is 0 Å². The van der Waals surface area contributed by atoms with Crippen molar-refractivity contribution in [3.63, 3.8) is 0 Å². The first-order chi connectivity index (χ1) is 10.3. The average Bonchev–Trinajstić information content (AvgIpc) is 2.49. The number of alkyl halides is 4. The van der Waals surface area contributed by atoms with Crippen molar-refractivity contribution in [1.82, 2.24) is 4.90 Å². The molecule has 0 aromatic heterocycles. The summed E-state index contributed by atoms with van der Waals surface area (Å²) in [5, 5.41) is 0. The lowest BCUT2D eigenvalue weighted by Gasteiger charge is -2.39. The fourth-order valence-electron chi connectivity index (χ4n) is 2.55. The van der Waals surface area contributed by atoms with E-state index in [4.69, 9.17) is 0 Å². The number of allylic oxidation sites excluding steroid dienone is 3. The van der Waals surface area contributed by atoms with Crippen LogP contribution in [0.5, 0.6) is 0 Å². The molecule has 22 heavy (non-hydrogen) atoms. The Morgan fingerprint density at radius 1 is 1.18 bits per heavy atom. The summed E-state index contributed by atoms with van der Waals surface area (Å²) in [6, 6.07) is 4.00. The van der Waals surface area contributed by atoms with Gasteiger partial charge in [-0.05, 0) is 30.1 Å². The van der Waals surface area contributed by atoms with Crippen LogP contribution in [-0.2, 0) is 0 Å². The highest BCUT2D eigenvalue weighted by atomic mass is 19.3. The van der Waals surface area contributed by atoms with Crippen LogP contribution in [0.25, 0.3) is 5.70 Å². The molecule has 1 aliphatic rings. The Balaban J connectivity index is 2.67. The van der Waals surface area contributed by atoms with Crippen LogP contribution in [0.4, 0.5) is 17.6 Å². The number of hydrogen-bond acceptors (Lipinski definition) is 1. The number of nitrogens with zero attached hydrogens (tertiary/aromatic N) is 1. The van der Waals surface area contributed by atoms with Crippen LogP contribution < -0.4 is 0 Å². The smallest absolute Gasteiger partial charge is 0.277 e. The van der Waals surface area contributed by atoms with Gasteiger partial charge in [-0.25, -0.2) is 8.78 Å². The van der Waals surface area contributed by atoms with E-state index in [1.54, 1.807) is 50.3 Å². The predicted molar refractivity (Wildman–Crippen MR) is 79.3 cm³/mol. The van der Waals surface area contributed by atoms with E-state index in [1.807, 2.05) is 0 Å². The molecule has 0 aliphatic carbocycles. The molecule has 0 N–H and O–H groups in total. The lowest BCUT2D eigenvalue weighted by Crippen LogP contribution is -2.46. The third-order valence-electron chi connectivity index (χ3n) is 3.62. The standard InChI is InChI=1S/C17H17F4N/c1-4-13-10-11(2)15(14-8-6-5-7-9-14)22(12(13)3)17(20,21)16(18)19/h5-10,16H,3-4H2,1-2H3. The van der Waals surface area contributed by atoms with Crippen molar-refractivity contribution >= 4 is 5.70 Å². The molecule has 0 amide bonds. The lowest BCUT2D eigenvalue weighted by molar-refractivity contribution is -0.195. The molecule has 0 saturated heterocycles.